The van der Waals surface area contributed by atoms with E-state index in [1.165, 1.54) is 11.0 Å². The van der Waals surface area contributed by atoms with Crippen LogP contribution in [0.1, 0.15) is 0 Å². The molecule has 3 aromatic carbocycles. The van der Waals surface area contributed by atoms with Crippen LogP contribution in [0.5, 0.6) is 5.75 Å². The molecule has 8 nitrogen and oxygen atoms in total. The number of nitrogens with zero attached hydrogens (tertiary/aromatic N) is 4. The van der Waals surface area contributed by atoms with Gasteiger partial charge in [0.25, 0.3) is 5.91 Å². The number of para-hydroxylation sites is 1. The normalized spacial score (nSPS) is 11.0. The summed E-state index contributed by atoms with van der Waals surface area (Å²) < 4.78 is 12.9. The minimum absolute atomic E-state index is 0.103. The molecule has 2 heterocycles. The van der Waals surface area contributed by atoms with E-state index in [2.05, 4.69) is 20.8 Å². The molecule has 5 rings (SSSR count). The Morgan fingerprint density at radius 2 is 1.83 bits per heavy atom. The van der Waals surface area contributed by atoms with E-state index in [0.29, 0.717) is 11.4 Å². The highest BCUT2D eigenvalue weighted by Gasteiger charge is 2.09. The molecule has 0 aliphatic heterocycles. The molecule has 5 aromatic rings. The Labute approximate surface area is 164 Å². The Bertz CT molecular complexity index is 1290. The van der Waals surface area contributed by atoms with Gasteiger partial charge in [0.1, 0.15) is 23.2 Å². The van der Waals surface area contributed by atoms with Crippen molar-refractivity contribution in [1.82, 2.24) is 20.2 Å². The summed E-state index contributed by atoms with van der Waals surface area (Å²) in [5.74, 6) is 0.329. The van der Waals surface area contributed by atoms with Gasteiger partial charge >= 0.3 is 0 Å². The lowest BCUT2D eigenvalue weighted by molar-refractivity contribution is -0.118. The number of amides is 1. The SMILES string of the molecule is O=C(COc1ccc(-n2cnnn2)cc1)Nc1ccc2oc3ccccc3c2c1. The first-order chi connectivity index (χ1) is 14.3. The van der Waals surface area contributed by atoms with Crippen LogP contribution < -0.4 is 10.1 Å². The number of furan rings is 1. The molecule has 0 aliphatic carbocycles. The first-order valence-electron chi connectivity index (χ1n) is 8.94. The molecule has 1 N–H and O–H groups in total. The molecule has 0 saturated carbocycles. The number of tetrazole rings is 1. The van der Waals surface area contributed by atoms with E-state index in [4.69, 9.17) is 9.15 Å². The average Bonchev–Trinajstić information content (AvgIpc) is 3.41. The Morgan fingerprint density at radius 3 is 2.66 bits per heavy atom. The van der Waals surface area contributed by atoms with Crippen LogP contribution in [0.2, 0.25) is 0 Å². The van der Waals surface area contributed by atoms with E-state index in [1.54, 1.807) is 12.1 Å². The standard InChI is InChI=1S/C21H15N5O3/c27-21(12-28-16-8-6-15(7-9-16)26-13-22-24-25-26)23-14-5-10-20-18(11-14)17-3-1-2-4-19(17)29-20/h1-11,13H,12H2,(H,23,27). The second-order valence-electron chi connectivity index (χ2n) is 6.39. The summed E-state index contributed by atoms with van der Waals surface area (Å²) in [7, 11) is 0. The Kier molecular flexibility index (Phi) is 4.14. The van der Waals surface area contributed by atoms with Crippen molar-refractivity contribution in [3.05, 3.63) is 73.1 Å². The maximum Gasteiger partial charge on any atom is 0.262 e. The van der Waals surface area contributed by atoms with Gasteiger partial charge in [-0.15, -0.1) is 5.10 Å². The van der Waals surface area contributed by atoms with Gasteiger partial charge in [0.15, 0.2) is 6.61 Å². The number of anilines is 1. The summed E-state index contributed by atoms with van der Waals surface area (Å²) in [5.41, 5.74) is 3.08. The molecule has 0 spiro atoms. The fourth-order valence-electron chi connectivity index (χ4n) is 3.12. The molecule has 142 valence electrons. The van der Waals surface area contributed by atoms with Crippen LogP contribution in [0.4, 0.5) is 5.69 Å². The van der Waals surface area contributed by atoms with E-state index in [-0.39, 0.29) is 12.5 Å². The van der Waals surface area contributed by atoms with Crippen LogP contribution in [0.25, 0.3) is 27.6 Å². The van der Waals surface area contributed by atoms with Crippen LogP contribution >= 0.6 is 0 Å². The highest BCUT2D eigenvalue weighted by molar-refractivity contribution is 6.07. The summed E-state index contributed by atoms with van der Waals surface area (Å²) >= 11 is 0. The number of hydrogen-bond acceptors (Lipinski definition) is 6. The molecule has 0 bridgehead atoms. The minimum atomic E-state index is -0.248. The Hall–Kier alpha value is -4.20. The second kappa shape index (κ2) is 7.08. The van der Waals surface area contributed by atoms with Crippen molar-refractivity contribution in [3.63, 3.8) is 0 Å². The van der Waals surface area contributed by atoms with Gasteiger partial charge in [-0.1, -0.05) is 18.2 Å². The van der Waals surface area contributed by atoms with Crippen molar-refractivity contribution in [3.8, 4) is 11.4 Å². The van der Waals surface area contributed by atoms with Crippen LogP contribution in [-0.4, -0.2) is 32.7 Å². The number of aromatic nitrogens is 4. The zero-order chi connectivity index (χ0) is 19.6. The van der Waals surface area contributed by atoms with Crippen molar-refractivity contribution >= 4 is 33.5 Å². The van der Waals surface area contributed by atoms with E-state index < -0.39 is 0 Å². The summed E-state index contributed by atoms with van der Waals surface area (Å²) in [6, 6.07) is 20.5. The third kappa shape index (κ3) is 3.39. The van der Waals surface area contributed by atoms with E-state index in [1.807, 2.05) is 54.6 Å². The molecule has 0 aliphatic rings. The summed E-state index contributed by atoms with van der Waals surface area (Å²) in [6.45, 7) is -0.103. The van der Waals surface area contributed by atoms with Crippen molar-refractivity contribution in [2.45, 2.75) is 0 Å². The molecule has 0 saturated heterocycles. The van der Waals surface area contributed by atoms with Gasteiger partial charge in [-0.3, -0.25) is 4.79 Å². The van der Waals surface area contributed by atoms with Crippen LogP contribution in [-0.2, 0) is 4.79 Å². The zero-order valence-corrected chi connectivity index (χ0v) is 15.1. The van der Waals surface area contributed by atoms with Crippen LogP contribution in [0.15, 0.2) is 77.5 Å². The van der Waals surface area contributed by atoms with Crippen molar-refractivity contribution in [1.29, 1.82) is 0 Å². The zero-order valence-electron chi connectivity index (χ0n) is 15.1. The largest absolute Gasteiger partial charge is 0.484 e. The quantitative estimate of drug-likeness (QED) is 0.497. The predicted molar refractivity (Wildman–Crippen MR) is 107 cm³/mol. The van der Waals surface area contributed by atoms with Crippen molar-refractivity contribution < 1.29 is 13.9 Å². The van der Waals surface area contributed by atoms with Gasteiger partial charge in [-0.05, 0) is 59.0 Å². The lowest BCUT2D eigenvalue weighted by Gasteiger charge is -2.08. The number of carbonyl (C=O) groups excluding carboxylic acids is 1. The fourth-order valence-corrected chi connectivity index (χ4v) is 3.12. The molecule has 8 heteroatoms. The summed E-state index contributed by atoms with van der Waals surface area (Å²) in [4.78, 5) is 12.3. The molecule has 0 radical (unpaired) electrons. The Morgan fingerprint density at radius 1 is 1.00 bits per heavy atom. The van der Waals surface area contributed by atoms with E-state index in [9.17, 15) is 4.79 Å². The fraction of sp³-hybridized carbons (Fsp3) is 0.0476. The predicted octanol–water partition coefficient (Wildman–Crippen LogP) is 3.58. The monoisotopic (exact) mass is 385 g/mol. The molecule has 0 unspecified atom stereocenters. The second-order valence-corrected chi connectivity index (χ2v) is 6.39. The average molecular weight is 385 g/mol. The first kappa shape index (κ1) is 16.9. The van der Waals surface area contributed by atoms with Gasteiger partial charge < -0.3 is 14.5 Å². The lowest BCUT2D eigenvalue weighted by Crippen LogP contribution is -2.20. The lowest BCUT2D eigenvalue weighted by atomic mass is 10.1. The topological polar surface area (TPSA) is 95.1 Å². The third-order valence-corrected chi connectivity index (χ3v) is 4.48. The summed E-state index contributed by atoms with van der Waals surface area (Å²) in [5, 5.41) is 15.8. The number of nitrogens with one attached hydrogen (secondary N) is 1. The van der Waals surface area contributed by atoms with E-state index >= 15 is 0 Å². The number of benzene rings is 3. The molecule has 29 heavy (non-hydrogen) atoms. The third-order valence-electron chi connectivity index (χ3n) is 4.48. The van der Waals surface area contributed by atoms with Gasteiger partial charge in [0.05, 0.1) is 5.69 Å². The Balaban J connectivity index is 1.25. The minimum Gasteiger partial charge on any atom is -0.484 e. The maximum absolute atomic E-state index is 12.3. The molecular weight excluding hydrogens is 370 g/mol. The smallest absolute Gasteiger partial charge is 0.262 e. The molecule has 0 atom stereocenters. The van der Waals surface area contributed by atoms with Crippen molar-refractivity contribution in [2.24, 2.45) is 0 Å². The first-order valence-corrected chi connectivity index (χ1v) is 8.94. The van der Waals surface area contributed by atoms with Gasteiger partial charge in [-0.2, -0.15) is 0 Å². The number of ether oxygens (including phenoxy) is 1. The van der Waals surface area contributed by atoms with Crippen LogP contribution in [0, 0.1) is 0 Å². The molecular formula is C21H15N5O3. The molecule has 0 fully saturated rings. The van der Waals surface area contributed by atoms with Gasteiger partial charge in [0, 0.05) is 16.5 Å². The number of fused-ring (bicyclic) bond motifs is 3. The van der Waals surface area contributed by atoms with E-state index in [0.717, 1.165) is 27.6 Å². The van der Waals surface area contributed by atoms with Crippen LogP contribution in [0.3, 0.4) is 0 Å². The van der Waals surface area contributed by atoms with Gasteiger partial charge in [-0.25, -0.2) is 4.68 Å². The maximum atomic E-state index is 12.3. The summed E-state index contributed by atoms with van der Waals surface area (Å²) in [6.07, 6.45) is 1.50. The number of hydrogen-bond donors (Lipinski definition) is 1. The highest BCUT2D eigenvalue weighted by atomic mass is 16.5. The van der Waals surface area contributed by atoms with Gasteiger partial charge in [0.2, 0.25) is 0 Å². The number of carbonyl (C=O) groups is 1. The highest BCUT2D eigenvalue weighted by Crippen LogP contribution is 2.30. The number of rotatable bonds is 5. The molecule has 2 aromatic heterocycles. The molecule has 1 amide bonds. The van der Waals surface area contributed by atoms with Crippen molar-refractivity contribution in [2.75, 3.05) is 11.9 Å².